The Balaban J connectivity index is 1.70. The molecule has 3 rings (SSSR count). The minimum Gasteiger partial charge on any atom is -0.386 e. The second-order valence-electron chi connectivity index (χ2n) is 6.77. The molecule has 3 heterocycles. The van der Waals surface area contributed by atoms with Crippen molar-refractivity contribution in [3.63, 3.8) is 0 Å². The highest BCUT2D eigenvalue weighted by Gasteiger charge is 2.36. The summed E-state index contributed by atoms with van der Waals surface area (Å²) in [6.45, 7) is 3.45. The first-order chi connectivity index (χ1) is 12.0. The van der Waals surface area contributed by atoms with Crippen LogP contribution >= 0.6 is 0 Å². The third kappa shape index (κ3) is 3.96. The first-order valence-electron chi connectivity index (χ1n) is 8.54. The van der Waals surface area contributed by atoms with E-state index in [4.69, 9.17) is 0 Å². The van der Waals surface area contributed by atoms with Gasteiger partial charge in [0.1, 0.15) is 11.5 Å². The average molecular weight is 340 g/mol. The molecule has 0 aliphatic carbocycles. The number of carbonyl (C=O) groups is 1. The summed E-state index contributed by atoms with van der Waals surface area (Å²) in [7, 11) is 1.72. The number of aryl methyl sites for hydroxylation is 1. The van der Waals surface area contributed by atoms with E-state index < -0.39 is 5.60 Å². The zero-order valence-corrected chi connectivity index (χ0v) is 14.7. The predicted octanol–water partition coefficient (Wildman–Crippen LogP) is 1.89. The van der Waals surface area contributed by atoms with Crippen molar-refractivity contribution in [2.45, 2.75) is 25.4 Å². The maximum absolute atomic E-state index is 12.7. The van der Waals surface area contributed by atoms with Crippen molar-refractivity contribution in [3.8, 4) is 0 Å². The van der Waals surface area contributed by atoms with Gasteiger partial charge in [0.15, 0.2) is 0 Å². The Morgan fingerprint density at radius 1 is 1.28 bits per heavy atom. The topological polar surface area (TPSA) is 69.6 Å². The summed E-state index contributed by atoms with van der Waals surface area (Å²) in [5, 5.41) is 11.1. The molecule has 6 heteroatoms. The lowest BCUT2D eigenvalue weighted by atomic mass is 9.92. The van der Waals surface area contributed by atoms with E-state index in [1.165, 1.54) is 0 Å². The summed E-state index contributed by atoms with van der Waals surface area (Å²) < 4.78 is 0. The number of carbonyl (C=O) groups excluding carboxylic acids is 1. The zero-order chi connectivity index (χ0) is 17.9. The Bertz CT molecular complexity index is 737. The standard InChI is InChI=1S/C19H24N4O2/c1-15-7-5-11-21-17(15)18(24)22(2)13-19(25)9-6-12-23(14-19)16-8-3-4-10-20-16/h3-5,7-8,10-11,25H,6,9,12-14H2,1-2H3/t19-/m0/s1. The number of likely N-dealkylation sites (N-methyl/N-ethyl adjacent to an activating group) is 1. The third-order valence-corrected chi connectivity index (χ3v) is 4.62. The molecule has 0 radical (unpaired) electrons. The van der Waals surface area contributed by atoms with Gasteiger partial charge in [0.05, 0.1) is 12.1 Å². The second-order valence-corrected chi connectivity index (χ2v) is 6.77. The van der Waals surface area contributed by atoms with Crippen LogP contribution in [-0.2, 0) is 0 Å². The molecule has 1 saturated heterocycles. The van der Waals surface area contributed by atoms with Crippen LogP contribution in [0.15, 0.2) is 42.7 Å². The molecular formula is C19H24N4O2. The van der Waals surface area contributed by atoms with E-state index in [1.54, 1.807) is 24.3 Å². The number of β-amino-alcohol motifs (C(OH)–C–C–N with tert-alkyl or cyclic N) is 1. The molecule has 2 aromatic rings. The second kappa shape index (κ2) is 7.19. The summed E-state index contributed by atoms with van der Waals surface area (Å²) in [5.41, 5.74) is 0.319. The number of aliphatic hydroxyl groups is 1. The Morgan fingerprint density at radius 2 is 2.08 bits per heavy atom. The Morgan fingerprint density at radius 3 is 2.80 bits per heavy atom. The monoisotopic (exact) mass is 340 g/mol. The van der Waals surface area contributed by atoms with Crippen LogP contribution < -0.4 is 4.90 Å². The van der Waals surface area contributed by atoms with Crippen molar-refractivity contribution < 1.29 is 9.90 Å². The Labute approximate surface area is 148 Å². The van der Waals surface area contributed by atoms with Gasteiger partial charge in [-0.3, -0.25) is 9.78 Å². The lowest BCUT2D eigenvalue weighted by molar-refractivity contribution is -0.000301. The molecule has 0 unspecified atom stereocenters. The molecule has 1 aliphatic rings. The van der Waals surface area contributed by atoms with Gasteiger partial charge in [-0.1, -0.05) is 12.1 Å². The summed E-state index contributed by atoms with van der Waals surface area (Å²) in [5.74, 6) is 0.691. The minimum atomic E-state index is -0.955. The van der Waals surface area contributed by atoms with E-state index >= 15 is 0 Å². The summed E-state index contributed by atoms with van der Waals surface area (Å²) in [6, 6.07) is 9.44. The van der Waals surface area contributed by atoms with Crippen LogP contribution in [0.1, 0.15) is 28.9 Å². The van der Waals surface area contributed by atoms with Gasteiger partial charge >= 0.3 is 0 Å². The number of hydrogen-bond acceptors (Lipinski definition) is 5. The van der Waals surface area contributed by atoms with Gasteiger partial charge in [-0.15, -0.1) is 0 Å². The molecule has 1 atom stereocenters. The molecule has 0 saturated carbocycles. The number of piperidine rings is 1. The molecule has 0 aromatic carbocycles. The van der Waals surface area contributed by atoms with Crippen molar-refractivity contribution in [2.24, 2.45) is 0 Å². The molecule has 132 valence electrons. The van der Waals surface area contributed by atoms with Crippen LogP contribution in [0.25, 0.3) is 0 Å². The van der Waals surface area contributed by atoms with Gasteiger partial charge < -0.3 is 14.9 Å². The SMILES string of the molecule is Cc1cccnc1C(=O)N(C)C[C@@]1(O)CCCN(c2ccccn2)C1. The lowest BCUT2D eigenvalue weighted by Gasteiger charge is -2.41. The first-order valence-corrected chi connectivity index (χ1v) is 8.54. The Hall–Kier alpha value is -2.47. The molecule has 0 spiro atoms. The number of hydrogen-bond donors (Lipinski definition) is 1. The van der Waals surface area contributed by atoms with Crippen LogP contribution in [0.3, 0.4) is 0 Å². The fraction of sp³-hybridized carbons (Fsp3) is 0.421. The van der Waals surface area contributed by atoms with Gasteiger partial charge in [0.2, 0.25) is 0 Å². The number of pyridine rings is 2. The van der Waals surface area contributed by atoms with Gasteiger partial charge in [-0.2, -0.15) is 0 Å². The first kappa shape index (κ1) is 17.4. The third-order valence-electron chi connectivity index (χ3n) is 4.62. The normalized spacial score (nSPS) is 20.4. The van der Waals surface area contributed by atoms with Gasteiger partial charge in [-0.05, 0) is 43.5 Å². The van der Waals surface area contributed by atoms with Gasteiger partial charge in [0.25, 0.3) is 5.91 Å². The highest BCUT2D eigenvalue weighted by atomic mass is 16.3. The Kier molecular flexibility index (Phi) is 4.99. The number of amides is 1. The highest BCUT2D eigenvalue weighted by molar-refractivity contribution is 5.93. The van der Waals surface area contributed by atoms with Crippen LogP contribution in [-0.4, -0.2) is 58.2 Å². The van der Waals surface area contributed by atoms with Crippen molar-refractivity contribution in [1.82, 2.24) is 14.9 Å². The van der Waals surface area contributed by atoms with Crippen molar-refractivity contribution in [2.75, 3.05) is 31.6 Å². The highest BCUT2D eigenvalue weighted by Crippen LogP contribution is 2.25. The molecule has 1 amide bonds. The van der Waals surface area contributed by atoms with E-state index in [9.17, 15) is 9.90 Å². The molecule has 1 fully saturated rings. The zero-order valence-electron chi connectivity index (χ0n) is 14.7. The van der Waals surface area contributed by atoms with Crippen molar-refractivity contribution in [1.29, 1.82) is 0 Å². The molecule has 2 aromatic heterocycles. The molecule has 1 aliphatic heterocycles. The average Bonchev–Trinajstić information content (AvgIpc) is 2.62. The smallest absolute Gasteiger partial charge is 0.272 e. The molecule has 1 N–H and O–H groups in total. The van der Waals surface area contributed by atoms with E-state index in [0.29, 0.717) is 18.7 Å². The van der Waals surface area contributed by atoms with Crippen molar-refractivity contribution >= 4 is 11.7 Å². The van der Waals surface area contributed by atoms with Crippen LogP contribution in [0.2, 0.25) is 0 Å². The van der Waals surface area contributed by atoms with Crippen LogP contribution in [0.4, 0.5) is 5.82 Å². The number of nitrogens with zero attached hydrogens (tertiary/aromatic N) is 4. The van der Waals surface area contributed by atoms with E-state index in [0.717, 1.165) is 24.3 Å². The molecule has 6 nitrogen and oxygen atoms in total. The quantitative estimate of drug-likeness (QED) is 0.920. The molecular weight excluding hydrogens is 316 g/mol. The summed E-state index contributed by atoms with van der Waals surface area (Å²) >= 11 is 0. The van der Waals surface area contributed by atoms with Gasteiger partial charge in [0, 0.05) is 32.5 Å². The van der Waals surface area contributed by atoms with E-state index in [2.05, 4.69) is 14.9 Å². The number of rotatable bonds is 4. The van der Waals surface area contributed by atoms with Crippen LogP contribution in [0, 0.1) is 6.92 Å². The summed E-state index contributed by atoms with van der Waals surface area (Å²) in [6.07, 6.45) is 4.89. The van der Waals surface area contributed by atoms with Crippen LogP contribution in [0.5, 0.6) is 0 Å². The maximum atomic E-state index is 12.7. The fourth-order valence-electron chi connectivity index (χ4n) is 3.38. The molecule has 25 heavy (non-hydrogen) atoms. The van der Waals surface area contributed by atoms with Gasteiger partial charge in [-0.25, -0.2) is 4.98 Å². The van der Waals surface area contributed by atoms with E-state index in [1.807, 2.05) is 37.3 Å². The van der Waals surface area contributed by atoms with E-state index in [-0.39, 0.29) is 12.5 Å². The maximum Gasteiger partial charge on any atom is 0.272 e. The minimum absolute atomic E-state index is 0.165. The molecule has 0 bridgehead atoms. The lowest BCUT2D eigenvalue weighted by Crippen LogP contribution is -2.55. The predicted molar refractivity (Wildman–Crippen MR) is 96.6 cm³/mol. The largest absolute Gasteiger partial charge is 0.386 e. The summed E-state index contributed by atoms with van der Waals surface area (Å²) in [4.78, 5) is 24.9. The fourth-order valence-corrected chi connectivity index (χ4v) is 3.38. The number of aromatic nitrogens is 2. The number of anilines is 1. The van der Waals surface area contributed by atoms with Crippen molar-refractivity contribution in [3.05, 3.63) is 54.0 Å².